The van der Waals surface area contributed by atoms with E-state index in [0.717, 1.165) is 43.1 Å². The molecule has 0 saturated carbocycles. The summed E-state index contributed by atoms with van der Waals surface area (Å²) in [5, 5.41) is 4.68. The number of aryl methyl sites for hydroxylation is 2. The van der Waals surface area contributed by atoms with E-state index in [1.54, 1.807) is 12.5 Å². The first-order valence-electron chi connectivity index (χ1n) is 8.22. The van der Waals surface area contributed by atoms with Crippen LogP contribution in [0.1, 0.15) is 28.1 Å². The van der Waals surface area contributed by atoms with Crippen LogP contribution in [0.2, 0.25) is 0 Å². The Hall–Kier alpha value is -2.47. The van der Waals surface area contributed by atoms with E-state index in [-0.39, 0.29) is 0 Å². The van der Waals surface area contributed by atoms with E-state index in [1.165, 1.54) is 16.8 Å². The average Bonchev–Trinajstić information content (AvgIpc) is 3.20. The Morgan fingerprint density at radius 3 is 2.79 bits per heavy atom. The lowest BCUT2D eigenvalue weighted by atomic mass is 10.1. The van der Waals surface area contributed by atoms with E-state index in [9.17, 15) is 0 Å². The molecule has 0 unspecified atom stereocenters. The lowest BCUT2D eigenvalue weighted by Crippen LogP contribution is -2.33. The number of aromatic nitrogens is 4. The van der Waals surface area contributed by atoms with Crippen LogP contribution in [0.5, 0.6) is 0 Å². The number of oxazole rings is 1. The van der Waals surface area contributed by atoms with Gasteiger partial charge in [0.05, 0.1) is 18.4 Å². The molecule has 0 N–H and O–H groups in total. The molecule has 3 aromatic rings. The molecule has 0 aromatic carbocycles. The summed E-state index contributed by atoms with van der Waals surface area (Å²) in [6, 6.07) is 2.24. The maximum absolute atomic E-state index is 5.42. The highest BCUT2D eigenvalue weighted by atomic mass is 16.3. The SMILES string of the molecule is Cc1cc(CN2CCn3nc(-c4ncco4)c(C)c3C2)cnc1C. The molecule has 0 spiro atoms. The molecule has 0 amide bonds. The van der Waals surface area contributed by atoms with Gasteiger partial charge in [0.25, 0.3) is 0 Å². The smallest absolute Gasteiger partial charge is 0.247 e. The third-order valence-electron chi connectivity index (χ3n) is 4.76. The van der Waals surface area contributed by atoms with Crippen molar-refractivity contribution in [2.45, 2.75) is 40.4 Å². The Bertz CT molecular complexity index is 866. The van der Waals surface area contributed by atoms with Gasteiger partial charge in [0.2, 0.25) is 5.89 Å². The van der Waals surface area contributed by atoms with Gasteiger partial charge in [0.1, 0.15) is 6.26 Å². The van der Waals surface area contributed by atoms with Crippen molar-refractivity contribution < 1.29 is 4.42 Å². The quantitative estimate of drug-likeness (QED) is 0.742. The maximum Gasteiger partial charge on any atom is 0.247 e. The van der Waals surface area contributed by atoms with Gasteiger partial charge in [-0.2, -0.15) is 5.10 Å². The van der Waals surface area contributed by atoms with Crippen molar-refractivity contribution in [2.24, 2.45) is 0 Å². The summed E-state index contributed by atoms with van der Waals surface area (Å²) in [6.07, 6.45) is 5.23. The number of hydrogen-bond donors (Lipinski definition) is 0. The molecule has 4 rings (SSSR count). The Morgan fingerprint density at radius 1 is 1.17 bits per heavy atom. The summed E-state index contributed by atoms with van der Waals surface area (Å²) in [6.45, 7) is 9.91. The molecule has 0 atom stereocenters. The molecule has 1 aliphatic rings. The summed E-state index contributed by atoms with van der Waals surface area (Å²) in [7, 11) is 0. The second-order valence-electron chi connectivity index (χ2n) is 6.44. The predicted molar refractivity (Wildman–Crippen MR) is 90.3 cm³/mol. The summed E-state index contributed by atoms with van der Waals surface area (Å²) in [5.74, 6) is 0.597. The van der Waals surface area contributed by atoms with Gasteiger partial charge in [-0.25, -0.2) is 4.98 Å². The highest BCUT2D eigenvalue weighted by Crippen LogP contribution is 2.27. The second-order valence-corrected chi connectivity index (χ2v) is 6.44. The molecular weight excluding hydrogens is 302 g/mol. The fourth-order valence-electron chi connectivity index (χ4n) is 3.22. The zero-order chi connectivity index (χ0) is 16.7. The van der Waals surface area contributed by atoms with Crippen LogP contribution in [0.4, 0.5) is 0 Å². The van der Waals surface area contributed by atoms with E-state index in [1.807, 2.05) is 13.1 Å². The molecule has 0 saturated heterocycles. The first-order chi connectivity index (χ1) is 11.6. The lowest BCUT2D eigenvalue weighted by molar-refractivity contribution is 0.204. The van der Waals surface area contributed by atoms with E-state index in [4.69, 9.17) is 4.42 Å². The van der Waals surface area contributed by atoms with Crippen LogP contribution in [0, 0.1) is 20.8 Å². The van der Waals surface area contributed by atoms with Crippen LogP contribution >= 0.6 is 0 Å². The van der Waals surface area contributed by atoms with E-state index >= 15 is 0 Å². The van der Waals surface area contributed by atoms with Crippen molar-refractivity contribution in [2.75, 3.05) is 6.54 Å². The van der Waals surface area contributed by atoms with Crippen molar-refractivity contribution in [3.05, 3.63) is 52.8 Å². The van der Waals surface area contributed by atoms with Gasteiger partial charge in [-0.3, -0.25) is 14.6 Å². The maximum atomic E-state index is 5.42. The molecule has 1 aliphatic heterocycles. The molecule has 6 nitrogen and oxygen atoms in total. The molecule has 6 heteroatoms. The Labute approximate surface area is 141 Å². The summed E-state index contributed by atoms with van der Waals surface area (Å²) >= 11 is 0. The number of pyridine rings is 1. The minimum atomic E-state index is 0.597. The van der Waals surface area contributed by atoms with Crippen molar-refractivity contribution in [1.29, 1.82) is 0 Å². The Kier molecular flexibility index (Phi) is 3.69. The summed E-state index contributed by atoms with van der Waals surface area (Å²) in [4.78, 5) is 11.1. The van der Waals surface area contributed by atoms with Gasteiger partial charge in [-0.05, 0) is 31.9 Å². The Morgan fingerprint density at radius 2 is 2.04 bits per heavy atom. The van der Waals surface area contributed by atoms with Crippen molar-refractivity contribution in [3.63, 3.8) is 0 Å². The van der Waals surface area contributed by atoms with Crippen molar-refractivity contribution >= 4 is 0 Å². The standard InChI is InChI=1S/C18H21N5O/c1-12-8-15(9-20-14(12)3)10-22-5-6-23-16(11-22)13(2)17(21-23)18-19-4-7-24-18/h4,7-9H,5-6,10-11H2,1-3H3. The zero-order valence-electron chi connectivity index (χ0n) is 14.3. The Balaban J connectivity index is 1.56. The third kappa shape index (κ3) is 2.63. The van der Waals surface area contributed by atoms with Gasteiger partial charge >= 0.3 is 0 Å². The van der Waals surface area contributed by atoms with Crippen LogP contribution in [-0.2, 0) is 19.6 Å². The molecule has 24 heavy (non-hydrogen) atoms. The highest BCUT2D eigenvalue weighted by Gasteiger charge is 2.24. The van der Waals surface area contributed by atoms with Gasteiger partial charge in [-0.15, -0.1) is 0 Å². The number of nitrogens with zero attached hydrogens (tertiary/aromatic N) is 5. The molecule has 0 radical (unpaired) electrons. The molecular formula is C18H21N5O. The molecule has 124 valence electrons. The van der Waals surface area contributed by atoms with Crippen LogP contribution in [0.25, 0.3) is 11.6 Å². The van der Waals surface area contributed by atoms with Gasteiger partial charge < -0.3 is 4.42 Å². The molecule has 3 aromatic heterocycles. The van der Waals surface area contributed by atoms with Crippen LogP contribution < -0.4 is 0 Å². The molecule has 0 bridgehead atoms. The largest absolute Gasteiger partial charge is 0.443 e. The predicted octanol–water partition coefficient (Wildman–Crippen LogP) is 2.87. The monoisotopic (exact) mass is 323 g/mol. The van der Waals surface area contributed by atoms with Gasteiger partial charge in [0.15, 0.2) is 5.69 Å². The number of hydrogen-bond acceptors (Lipinski definition) is 5. The molecule has 0 aliphatic carbocycles. The van der Waals surface area contributed by atoms with Gasteiger partial charge in [0, 0.05) is 37.1 Å². The molecule has 4 heterocycles. The highest BCUT2D eigenvalue weighted by molar-refractivity contribution is 5.54. The number of rotatable bonds is 3. The van der Waals surface area contributed by atoms with E-state index < -0.39 is 0 Å². The average molecular weight is 323 g/mol. The third-order valence-corrected chi connectivity index (χ3v) is 4.76. The van der Waals surface area contributed by atoms with Crippen LogP contribution in [0.15, 0.2) is 29.1 Å². The minimum Gasteiger partial charge on any atom is -0.443 e. The van der Waals surface area contributed by atoms with Crippen molar-refractivity contribution in [3.8, 4) is 11.6 Å². The van der Waals surface area contributed by atoms with Crippen LogP contribution in [-0.4, -0.2) is 31.2 Å². The first kappa shape index (κ1) is 15.1. The molecule has 0 fully saturated rings. The lowest BCUT2D eigenvalue weighted by Gasteiger charge is -2.28. The summed E-state index contributed by atoms with van der Waals surface area (Å²) < 4.78 is 7.50. The van der Waals surface area contributed by atoms with E-state index in [2.05, 4.69) is 44.6 Å². The van der Waals surface area contributed by atoms with E-state index in [0.29, 0.717) is 5.89 Å². The minimum absolute atomic E-state index is 0.597. The topological polar surface area (TPSA) is 60.0 Å². The normalized spacial score (nSPS) is 14.8. The van der Waals surface area contributed by atoms with Crippen molar-refractivity contribution in [1.82, 2.24) is 24.6 Å². The number of fused-ring (bicyclic) bond motifs is 1. The zero-order valence-corrected chi connectivity index (χ0v) is 14.3. The fourth-order valence-corrected chi connectivity index (χ4v) is 3.22. The first-order valence-corrected chi connectivity index (χ1v) is 8.22. The fraction of sp³-hybridized carbons (Fsp3) is 0.389. The second kappa shape index (κ2) is 5.87. The summed E-state index contributed by atoms with van der Waals surface area (Å²) in [5.41, 5.74) is 6.85. The van der Waals surface area contributed by atoms with Gasteiger partial charge in [-0.1, -0.05) is 6.07 Å². The van der Waals surface area contributed by atoms with Crippen LogP contribution in [0.3, 0.4) is 0 Å².